The minimum atomic E-state index is -2.20. The lowest BCUT2D eigenvalue weighted by atomic mass is 9.83. The van der Waals surface area contributed by atoms with Crippen LogP contribution in [0, 0.1) is 23.2 Å². The van der Waals surface area contributed by atoms with Crippen LogP contribution in [0.15, 0.2) is 18.5 Å². The van der Waals surface area contributed by atoms with E-state index in [9.17, 15) is 29.5 Å². The van der Waals surface area contributed by atoms with E-state index in [4.69, 9.17) is 23.7 Å². The standard InChI is InChI=1S/C33H46N6O10/c1-18(2)24(37-30(44)49-31(3,4)5)28(42)47-25-21(15-46-23(40)14-19-10-9-11-19)48-33(16-34,26(25)41)22-13-12-20-27(35-17-36-39(20)22)38-29(43)32(6,7)45-8/h12-13,17-19,21,24-26,41H,9-11,14-15H2,1-8H3,(H,37,44)(H,35,36,38,43)/t21-,24-,25-,26-,33+/m1/s1. The molecule has 1 saturated heterocycles. The van der Waals surface area contributed by atoms with E-state index in [2.05, 4.69) is 20.7 Å². The number of carbonyl (C=O) groups excluding carboxylic acids is 4. The number of esters is 2. The van der Waals surface area contributed by atoms with Gasteiger partial charge >= 0.3 is 18.0 Å². The highest BCUT2D eigenvalue weighted by Crippen LogP contribution is 2.42. The van der Waals surface area contributed by atoms with Crippen LogP contribution in [-0.2, 0) is 43.7 Å². The van der Waals surface area contributed by atoms with Crippen molar-refractivity contribution < 1.29 is 48.0 Å². The lowest BCUT2D eigenvalue weighted by Crippen LogP contribution is -2.50. The summed E-state index contributed by atoms with van der Waals surface area (Å²) >= 11 is 0. The van der Waals surface area contributed by atoms with E-state index in [1.807, 2.05) is 6.07 Å². The van der Waals surface area contributed by atoms with Crippen molar-refractivity contribution in [2.45, 2.75) is 115 Å². The minimum absolute atomic E-state index is 0.0260. The number of alkyl carbamates (subject to hydrolysis) is 1. The lowest BCUT2D eigenvalue weighted by molar-refractivity contribution is -0.163. The first-order valence-corrected chi connectivity index (χ1v) is 16.2. The molecule has 2 aromatic rings. The Labute approximate surface area is 284 Å². The molecule has 268 valence electrons. The molecule has 16 heteroatoms. The number of fused-ring (bicyclic) bond motifs is 1. The number of nitriles is 1. The quantitative estimate of drug-likeness (QED) is 0.217. The maximum Gasteiger partial charge on any atom is 0.408 e. The predicted molar refractivity (Wildman–Crippen MR) is 172 cm³/mol. The first-order chi connectivity index (χ1) is 22.9. The normalized spacial score (nSPS) is 23.3. The Morgan fingerprint density at radius 3 is 2.45 bits per heavy atom. The highest BCUT2D eigenvalue weighted by atomic mass is 16.6. The van der Waals surface area contributed by atoms with Crippen molar-refractivity contribution in [2.75, 3.05) is 19.0 Å². The zero-order valence-electron chi connectivity index (χ0n) is 29.1. The van der Waals surface area contributed by atoms with Gasteiger partial charge in [0.05, 0.1) is 5.69 Å². The van der Waals surface area contributed by atoms with E-state index in [0.717, 1.165) is 25.6 Å². The summed E-state index contributed by atoms with van der Waals surface area (Å²) in [6.45, 7) is 11.1. The summed E-state index contributed by atoms with van der Waals surface area (Å²) in [6, 6.07) is 3.79. The van der Waals surface area contributed by atoms with E-state index in [-0.39, 0.29) is 29.4 Å². The Bertz CT molecular complexity index is 1590. The Morgan fingerprint density at radius 1 is 1.18 bits per heavy atom. The van der Waals surface area contributed by atoms with Crippen LogP contribution in [0.2, 0.25) is 0 Å². The SMILES string of the molecule is COC(C)(C)C(=O)Nc1ncnn2c([C@]3(C#N)O[C@H](COC(=O)CC4CCC4)[C@@H](OC(=O)[C@H](NC(=O)OC(C)(C)C)C(C)C)[C@H]3O)ccc12. The van der Waals surface area contributed by atoms with E-state index < -0.39 is 77.6 Å². The molecule has 1 aliphatic heterocycles. The second-order valence-electron chi connectivity index (χ2n) is 14.2. The van der Waals surface area contributed by atoms with Crippen LogP contribution in [0.25, 0.3) is 5.52 Å². The van der Waals surface area contributed by atoms with Crippen molar-refractivity contribution in [2.24, 2.45) is 11.8 Å². The van der Waals surface area contributed by atoms with Crippen molar-refractivity contribution in [1.29, 1.82) is 5.26 Å². The van der Waals surface area contributed by atoms with Crippen LogP contribution in [0.5, 0.6) is 0 Å². The van der Waals surface area contributed by atoms with Crippen LogP contribution in [-0.4, -0.2) is 92.9 Å². The summed E-state index contributed by atoms with van der Waals surface area (Å²) in [6.07, 6.45) is -1.29. The number of hydrogen-bond acceptors (Lipinski definition) is 13. The number of rotatable bonds is 12. The molecule has 0 radical (unpaired) electrons. The smallest absolute Gasteiger partial charge is 0.408 e. The van der Waals surface area contributed by atoms with Gasteiger partial charge in [-0.3, -0.25) is 9.59 Å². The van der Waals surface area contributed by atoms with Crippen molar-refractivity contribution >= 4 is 35.3 Å². The summed E-state index contributed by atoms with van der Waals surface area (Å²) in [7, 11) is 1.39. The van der Waals surface area contributed by atoms with Gasteiger partial charge in [0.2, 0.25) is 5.60 Å². The summed E-state index contributed by atoms with van der Waals surface area (Å²) < 4.78 is 29.3. The van der Waals surface area contributed by atoms with Crippen LogP contribution in [0.4, 0.5) is 10.6 Å². The Morgan fingerprint density at radius 2 is 1.88 bits per heavy atom. The Balaban J connectivity index is 1.66. The number of aromatic nitrogens is 3. The van der Waals surface area contributed by atoms with Gasteiger partial charge in [0.15, 0.2) is 11.9 Å². The molecular weight excluding hydrogens is 640 g/mol. The largest absolute Gasteiger partial charge is 0.463 e. The van der Waals surface area contributed by atoms with E-state index in [1.165, 1.54) is 23.8 Å². The fourth-order valence-corrected chi connectivity index (χ4v) is 5.41. The molecule has 3 heterocycles. The maximum atomic E-state index is 13.6. The molecule has 3 N–H and O–H groups in total. The zero-order chi connectivity index (χ0) is 36.3. The number of nitrogens with one attached hydrogen (secondary N) is 2. The number of nitrogens with zero attached hydrogens (tertiary/aromatic N) is 4. The molecule has 1 saturated carbocycles. The highest BCUT2D eigenvalue weighted by molar-refractivity contribution is 5.98. The number of methoxy groups -OCH3 is 1. The number of aliphatic hydroxyl groups excluding tert-OH is 1. The van der Waals surface area contributed by atoms with Crippen molar-refractivity contribution in [3.8, 4) is 6.07 Å². The van der Waals surface area contributed by atoms with Gasteiger partial charge in [-0.15, -0.1) is 0 Å². The first kappa shape index (κ1) is 37.5. The molecule has 2 fully saturated rings. The second-order valence-corrected chi connectivity index (χ2v) is 14.2. The van der Waals surface area contributed by atoms with Crippen LogP contribution in [0.3, 0.4) is 0 Å². The summed E-state index contributed by atoms with van der Waals surface area (Å²) in [5.74, 6) is -2.08. The summed E-state index contributed by atoms with van der Waals surface area (Å²) in [5, 5.41) is 31.8. The third-order valence-corrected chi connectivity index (χ3v) is 8.65. The number of amides is 2. The molecule has 49 heavy (non-hydrogen) atoms. The molecule has 2 aromatic heterocycles. The van der Waals surface area contributed by atoms with Gasteiger partial charge < -0.3 is 39.4 Å². The molecule has 2 amide bonds. The average molecular weight is 687 g/mol. The maximum absolute atomic E-state index is 13.6. The molecule has 0 bridgehead atoms. The Hall–Kier alpha value is -4.33. The monoisotopic (exact) mass is 686 g/mol. The molecule has 4 rings (SSSR count). The zero-order valence-corrected chi connectivity index (χ0v) is 29.1. The molecule has 16 nitrogen and oxygen atoms in total. The minimum Gasteiger partial charge on any atom is -0.463 e. The van der Waals surface area contributed by atoms with E-state index >= 15 is 0 Å². The van der Waals surface area contributed by atoms with E-state index in [0.29, 0.717) is 0 Å². The molecule has 0 spiro atoms. The third kappa shape index (κ3) is 8.28. The fraction of sp³-hybridized carbons (Fsp3) is 0.667. The highest BCUT2D eigenvalue weighted by Gasteiger charge is 2.60. The number of carbonyl (C=O) groups is 4. The molecule has 1 aliphatic carbocycles. The molecular formula is C33H46N6O10. The number of hydrogen-bond donors (Lipinski definition) is 3. The lowest BCUT2D eigenvalue weighted by Gasteiger charge is -2.28. The van der Waals surface area contributed by atoms with Crippen molar-refractivity contribution in [3.63, 3.8) is 0 Å². The average Bonchev–Trinajstić information content (AvgIpc) is 3.55. The predicted octanol–water partition coefficient (Wildman–Crippen LogP) is 2.77. The van der Waals surface area contributed by atoms with Crippen molar-refractivity contribution in [1.82, 2.24) is 19.9 Å². The van der Waals surface area contributed by atoms with Gasteiger partial charge in [0, 0.05) is 13.5 Å². The van der Waals surface area contributed by atoms with Crippen molar-refractivity contribution in [3.05, 3.63) is 24.2 Å². The van der Waals surface area contributed by atoms with Crippen LogP contribution >= 0.6 is 0 Å². The summed E-state index contributed by atoms with van der Waals surface area (Å²) in [5.41, 5.74) is -3.94. The number of ether oxygens (including phenoxy) is 5. The first-order valence-electron chi connectivity index (χ1n) is 16.2. The number of anilines is 1. The molecule has 2 aliphatic rings. The molecule has 0 unspecified atom stereocenters. The molecule has 5 atom stereocenters. The Kier molecular flexibility index (Phi) is 11.2. The third-order valence-electron chi connectivity index (χ3n) is 8.65. The van der Waals surface area contributed by atoms with Gasteiger partial charge in [0.25, 0.3) is 5.91 Å². The van der Waals surface area contributed by atoms with Crippen LogP contribution in [0.1, 0.15) is 79.8 Å². The van der Waals surface area contributed by atoms with Gasteiger partial charge in [-0.2, -0.15) is 10.4 Å². The van der Waals surface area contributed by atoms with Gasteiger partial charge in [-0.05, 0) is 71.4 Å². The van der Waals surface area contributed by atoms with Crippen LogP contribution < -0.4 is 10.6 Å². The second kappa shape index (κ2) is 14.7. The van der Waals surface area contributed by atoms with Gasteiger partial charge in [0.1, 0.15) is 54.0 Å². The van der Waals surface area contributed by atoms with Gasteiger partial charge in [-0.1, -0.05) is 20.3 Å². The fourth-order valence-electron chi connectivity index (χ4n) is 5.41. The van der Waals surface area contributed by atoms with Gasteiger partial charge in [-0.25, -0.2) is 19.1 Å². The molecule has 0 aromatic carbocycles. The summed E-state index contributed by atoms with van der Waals surface area (Å²) in [4.78, 5) is 55.8. The van der Waals surface area contributed by atoms with E-state index in [1.54, 1.807) is 48.5 Å². The topological polar surface area (TPSA) is 213 Å². The number of aliphatic hydroxyl groups is 1.